The molecule has 0 amide bonds. The Morgan fingerprint density at radius 1 is 1.26 bits per heavy atom. The summed E-state index contributed by atoms with van der Waals surface area (Å²) in [6, 6.07) is 4.80. The molecule has 0 saturated carbocycles. The van der Waals surface area contributed by atoms with Crippen molar-refractivity contribution in [1.29, 1.82) is 0 Å². The Morgan fingerprint density at radius 2 is 2.00 bits per heavy atom. The first-order valence-electron chi connectivity index (χ1n) is 6.56. The molecule has 0 aliphatic carbocycles. The van der Waals surface area contributed by atoms with Crippen LogP contribution >= 0.6 is 0 Å². The van der Waals surface area contributed by atoms with Gasteiger partial charge in [0.1, 0.15) is 5.70 Å². The van der Waals surface area contributed by atoms with Crippen molar-refractivity contribution in [1.82, 2.24) is 9.55 Å². The molecule has 0 aliphatic rings. The summed E-state index contributed by atoms with van der Waals surface area (Å²) >= 11 is 0. The summed E-state index contributed by atoms with van der Waals surface area (Å²) in [5.41, 5.74) is 0.619. The number of nitrogens with zero attached hydrogens (tertiary/aromatic N) is 2. The molecule has 1 aromatic carbocycles. The van der Waals surface area contributed by atoms with Gasteiger partial charge in [0.15, 0.2) is 0 Å². The summed E-state index contributed by atoms with van der Waals surface area (Å²) in [6.07, 6.45) is 2.40. The minimum absolute atomic E-state index is 0.112. The maximum atomic E-state index is 12.1. The Morgan fingerprint density at radius 3 is 2.65 bits per heavy atom. The van der Waals surface area contributed by atoms with Gasteiger partial charge in [0.2, 0.25) is 0 Å². The molecule has 0 fully saturated rings. The van der Waals surface area contributed by atoms with Crippen molar-refractivity contribution in [3.8, 4) is 0 Å². The second kappa shape index (κ2) is 6.73. The van der Waals surface area contributed by atoms with Crippen molar-refractivity contribution in [2.24, 2.45) is 7.05 Å². The number of carbonyl (C=O) groups is 2. The van der Waals surface area contributed by atoms with Crippen LogP contribution in [0.25, 0.3) is 10.9 Å². The first kappa shape index (κ1) is 16.2. The van der Waals surface area contributed by atoms with Gasteiger partial charge < -0.3 is 19.4 Å². The number of aromatic nitrogens is 2. The molecule has 0 spiro atoms. The fourth-order valence-corrected chi connectivity index (χ4v) is 1.88. The van der Waals surface area contributed by atoms with E-state index in [2.05, 4.69) is 19.8 Å². The fourth-order valence-electron chi connectivity index (χ4n) is 1.88. The van der Waals surface area contributed by atoms with E-state index in [4.69, 9.17) is 0 Å². The van der Waals surface area contributed by atoms with Crippen molar-refractivity contribution < 1.29 is 19.1 Å². The number of rotatable bonds is 4. The number of benzene rings is 1. The molecule has 0 aliphatic heterocycles. The summed E-state index contributed by atoms with van der Waals surface area (Å²) in [7, 11) is 3.97. The second-order valence-electron chi connectivity index (χ2n) is 4.59. The molecule has 1 heterocycles. The largest absolute Gasteiger partial charge is 0.466 e. The number of nitrogens with one attached hydrogen (secondary N) is 1. The highest BCUT2D eigenvalue weighted by molar-refractivity contribution is 5.99. The molecule has 120 valence electrons. The number of ether oxygens (including phenoxy) is 2. The fraction of sp³-hybridized carbons (Fsp3) is 0.200. The van der Waals surface area contributed by atoms with Gasteiger partial charge in [-0.3, -0.25) is 4.79 Å². The van der Waals surface area contributed by atoms with E-state index in [0.29, 0.717) is 16.6 Å². The van der Waals surface area contributed by atoms with Crippen molar-refractivity contribution in [3.05, 3.63) is 46.7 Å². The van der Waals surface area contributed by atoms with E-state index in [9.17, 15) is 14.4 Å². The smallest absolute Gasteiger partial charge is 0.354 e. The molecule has 0 radical (unpaired) electrons. The number of hydrogen-bond acceptors (Lipinski definition) is 7. The number of fused-ring (bicyclic) bond motifs is 1. The van der Waals surface area contributed by atoms with Gasteiger partial charge in [-0.1, -0.05) is 0 Å². The number of methoxy groups -OCH3 is 2. The van der Waals surface area contributed by atoms with Crippen LogP contribution in [0.5, 0.6) is 0 Å². The lowest BCUT2D eigenvalue weighted by atomic mass is 10.2. The van der Waals surface area contributed by atoms with Crippen LogP contribution in [0, 0.1) is 0 Å². The lowest BCUT2D eigenvalue weighted by Gasteiger charge is -2.10. The normalized spacial score (nSPS) is 11.2. The highest BCUT2D eigenvalue weighted by Crippen LogP contribution is 2.16. The van der Waals surface area contributed by atoms with Crippen LogP contribution in [-0.2, 0) is 26.1 Å². The summed E-state index contributed by atoms with van der Waals surface area (Å²) in [4.78, 5) is 39.3. The number of carbonyl (C=O) groups excluding carboxylic acids is 2. The third kappa shape index (κ3) is 3.54. The number of esters is 2. The molecule has 0 atom stereocenters. The first-order valence-corrected chi connectivity index (χ1v) is 6.56. The molecule has 1 N–H and O–H groups in total. The Labute approximate surface area is 131 Å². The van der Waals surface area contributed by atoms with Crippen molar-refractivity contribution in [3.63, 3.8) is 0 Å². The average molecular weight is 317 g/mol. The van der Waals surface area contributed by atoms with Crippen molar-refractivity contribution >= 4 is 28.5 Å². The molecule has 8 heteroatoms. The van der Waals surface area contributed by atoms with Crippen LogP contribution in [0.3, 0.4) is 0 Å². The third-order valence-corrected chi connectivity index (χ3v) is 3.07. The monoisotopic (exact) mass is 317 g/mol. The predicted molar refractivity (Wildman–Crippen MR) is 82.7 cm³/mol. The minimum atomic E-state index is -0.741. The lowest BCUT2D eigenvalue weighted by molar-refractivity contribution is -0.138. The molecule has 0 unspecified atom stereocenters. The van der Waals surface area contributed by atoms with E-state index in [0.717, 1.165) is 6.08 Å². The number of aryl methyl sites for hydroxylation is 1. The highest BCUT2D eigenvalue weighted by Gasteiger charge is 2.13. The molecule has 1 aromatic heterocycles. The van der Waals surface area contributed by atoms with Crippen molar-refractivity contribution in [2.45, 2.75) is 0 Å². The molecule has 0 saturated heterocycles. The van der Waals surface area contributed by atoms with Crippen LogP contribution in [0.2, 0.25) is 0 Å². The van der Waals surface area contributed by atoms with Crippen LogP contribution < -0.4 is 10.9 Å². The maximum absolute atomic E-state index is 12.1. The first-order chi connectivity index (χ1) is 11.0. The van der Waals surface area contributed by atoms with Crippen LogP contribution in [-0.4, -0.2) is 35.7 Å². The highest BCUT2D eigenvalue weighted by atomic mass is 16.5. The summed E-state index contributed by atoms with van der Waals surface area (Å²) in [5.74, 6) is -1.45. The molecule has 2 aromatic rings. The SMILES string of the molecule is COC(=O)/C=C(/Nc1ccc2ncn(C)c(=O)c2c1)C(=O)OC. The number of hydrogen-bond donors (Lipinski definition) is 1. The topological polar surface area (TPSA) is 99.5 Å². The molecular weight excluding hydrogens is 302 g/mol. The van der Waals surface area contributed by atoms with Gasteiger partial charge in [-0.25, -0.2) is 14.6 Å². The third-order valence-electron chi connectivity index (χ3n) is 3.07. The van der Waals surface area contributed by atoms with E-state index >= 15 is 0 Å². The van der Waals surface area contributed by atoms with Gasteiger partial charge in [-0.15, -0.1) is 0 Å². The number of anilines is 1. The quantitative estimate of drug-likeness (QED) is 0.650. The molecule has 8 nitrogen and oxygen atoms in total. The van der Waals surface area contributed by atoms with Crippen molar-refractivity contribution in [2.75, 3.05) is 19.5 Å². The zero-order chi connectivity index (χ0) is 17.0. The van der Waals surface area contributed by atoms with E-state index in [1.807, 2.05) is 0 Å². The Hall–Kier alpha value is -3.16. The lowest BCUT2D eigenvalue weighted by Crippen LogP contribution is -2.18. The van der Waals surface area contributed by atoms with Crippen LogP contribution in [0.4, 0.5) is 5.69 Å². The molecule has 23 heavy (non-hydrogen) atoms. The maximum Gasteiger partial charge on any atom is 0.354 e. The predicted octanol–water partition coefficient (Wildman–Crippen LogP) is 0.575. The van der Waals surface area contributed by atoms with E-state index in [-0.39, 0.29) is 11.3 Å². The zero-order valence-electron chi connectivity index (χ0n) is 12.8. The van der Waals surface area contributed by atoms with Crippen LogP contribution in [0.15, 0.2) is 41.1 Å². The van der Waals surface area contributed by atoms with Gasteiger partial charge in [-0.2, -0.15) is 0 Å². The van der Waals surface area contributed by atoms with E-state index in [1.165, 1.54) is 25.1 Å². The zero-order valence-corrected chi connectivity index (χ0v) is 12.8. The standard InChI is InChI=1S/C15H15N3O5/c1-18-8-16-11-5-4-9(6-10(11)14(18)20)17-12(15(21)23-3)7-13(19)22-2/h4-8,17H,1-3H3/b12-7+. The van der Waals surface area contributed by atoms with Gasteiger partial charge in [0.25, 0.3) is 5.56 Å². The van der Waals surface area contributed by atoms with Gasteiger partial charge in [0.05, 0.1) is 37.5 Å². The van der Waals surface area contributed by atoms with E-state index < -0.39 is 11.9 Å². The Kier molecular flexibility index (Phi) is 4.75. The molecular formula is C15H15N3O5. The summed E-state index contributed by atoms with van der Waals surface area (Å²) in [5, 5.41) is 3.12. The second-order valence-corrected chi connectivity index (χ2v) is 4.59. The molecule has 2 rings (SSSR count). The Bertz CT molecular complexity index is 854. The minimum Gasteiger partial charge on any atom is -0.466 e. The average Bonchev–Trinajstić information content (AvgIpc) is 2.57. The van der Waals surface area contributed by atoms with Crippen LogP contribution in [0.1, 0.15) is 0 Å². The molecule has 0 bridgehead atoms. The van der Waals surface area contributed by atoms with E-state index in [1.54, 1.807) is 25.2 Å². The van der Waals surface area contributed by atoms with Gasteiger partial charge >= 0.3 is 11.9 Å². The van der Waals surface area contributed by atoms with Gasteiger partial charge in [0, 0.05) is 12.7 Å². The summed E-state index contributed by atoms with van der Waals surface area (Å²) < 4.78 is 10.4. The summed E-state index contributed by atoms with van der Waals surface area (Å²) in [6.45, 7) is 0. The Balaban J connectivity index is 2.44. The van der Waals surface area contributed by atoms with Gasteiger partial charge in [-0.05, 0) is 18.2 Å².